The molecule has 23 heavy (non-hydrogen) atoms. The highest BCUT2D eigenvalue weighted by molar-refractivity contribution is 8.15. The number of nitrogens with zero attached hydrogens (tertiary/aromatic N) is 2. The number of amides is 2. The summed E-state index contributed by atoms with van der Waals surface area (Å²) in [6, 6.07) is 5.99. The molecule has 0 unspecified atom stereocenters. The monoisotopic (exact) mass is 333 g/mol. The normalized spacial score (nSPS) is 19.5. The molecule has 2 amide bonds. The van der Waals surface area contributed by atoms with Crippen molar-refractivity contribution in [2.75, 3.05) is 13.1 Å². The molecule has 1 aromatic carbocycles. The average Bonchev–Trinajstić information content (AvgIpc) is 2.78. The van der Waals surface area contributed by atoms with Crippen LogP contribution in [0.15, 0.2) is 23.2 Å². The van der Waals surface area contributed by atoms with Gasteiger partial charge in [0.05, 0.1) is 5.69 Å². The first-order valence-electron chi connectivity index (χ1n) is 7.87. The van der Waals surface area contributed by atoms with E-state index < -0.39 is 0 Å². The van der Waals surface area contributed by atoms with E-state index in [9.17, 15) is 9.59 Å². The van der Waals surface area contributed by atoms with Crippen molar-refractivity contribution in [2.24, 2.45) is 4.99 Å². The van der Waals surface area contributed by atoms with Gasteiger partial charge in [-0.15, -0.1) is 0 Å². The second kappa shape index (κ2) is 7.64. The van der Waals surface area contributed by atoms with Gasteiger partial charge in [-0.1, -0.05) is 17.8 Å². The van der Waals surface area contributed by atoms with Crippen molar-refractivity contribution < 1.29 is 9.59 Å². The lowest BCUT2D eigenvalue weighted by Crippen LogP contribution is -2.34. The molecule has 1 N–H and O–H groups in total. The number of hydrogen-bond acceptors (Lipinski definition) is 4. The molecule has 0 aromatic heterocycles. The molecular formula is C17H23N3O2S. The average molecular weight is 333 g/mol. The van der Waals surface area contributed by atoms with E-state index in [0.717, 1.165) is 5.69 Å². The van der Waals surface area contributed by atoms with Crippen LogP contribution in [0.4, 0.5) is 5.69 Å². The van der Waals surface area contributed by atoms with Gasteiger partial charge >= 0.3 is 0 Å². The van der Waals surface area contributed by atoms with Crippen molar-refractivity contribution >= 4 is 34.4 Å². The predicted octanol–water partition coefficient (Wildman–Crippen LogP) is 2.78. The van der Waals surface area contributed by atoms with Gasteiger partial charge in [-0.3, -0.25) is 14.5 Å². The van der Waals surface area contributed by atoms with Crippen molar-refractivity contribution in [3.8, 4) is 0 Å². The van der Waals surface area contributed by atoms with E-state index in [0.29, 0.717) is 18.3 Å². The third-order valence-electron chi connectivity index (χ3n) is 3.80. The summed E-state index contributed by atoms with van der Waals surface area (Å²) >= 11 is 1.38. The largest absolute Gasteiger partial charge is 0.356 e. The minimum Gasteiger partial charge on any atom is -0.356 e. The van der Waals surface area contributed by atoms with E-state index in [1.807, 2.05) is 39.0 Å². The zero-order valence-corrected chi connectivity index (χ0v) is 14.9. The Labute approximate surface area is 141 Å². The molecule has 6 heteroatoms. The van der Waals surface area contributed by atoms with E-state index in [1.165, 1.54) is 22.9 Å². The van der Waals surface area contributed by atoms with Gasteiger partial charge in [0.25, 0.3) is 0 Å². The number of aliphatic imine (C=N–C) groups is 1. The Hall–Kier alpha value is -1.82. The summed E-state index contributed by atoms with van der Waals surface area (Å²) in [7, 11) is 0. The Morgan fingerprint density at radius 2 is 2.04 bits per heavy atom. The molecule has 1 aromatic rings. The number of carbonyl (C=O) groups is 2. The summed E-state index contributed by atoms with van der Waals surface area (Å²) in [5.74, 6) is -0.131. The maximum Gasteiger partial charge on any atom is 0.242 e. The van der Waals surface area contributed by atoms with Gasteiger partial charge in [0, 0.05) is 19.5 Å². The Bertz CT molecular complexity index is 643. The molecule has 1 atom stereocenters. The summed E-state index contributed by atoms with van der Waals surface area (Å²) < 4.78 is 0. The Morgan fingerprint density at radius 3 is 2.65 bits per heavy atom. The first-order valence-corrected chi connectivity index (χ1v) is 8.74. The first kappa shape index (κ1) is 17.5. The predicted molar refractivity (Wildman–Crippen MR) is 95.1 cm³/mol. The molecule has 0 spiro atoms. The Kier molecular flexibility index (Phi) is 5.82. The zero-order valence-electron chi connectivity index (χ0n) is 14.0. The summed E-state index contributed by atoms with van der Waals surface area (Å²) in [4.78, 5) is 30.5. The molecule has 1 fully saturated rings. The third kappa shape index (κ3) is 4.13. The molecule has 0 saturated carbocycles. The van der Waals surface area contributed by atoms with E-state index >= 15 is 0 Å². The number of aryl methyl sites for hydroxylation is 2. The van der Waals surface area contributed by atoms with Gasteiger partial charge in [0.2, 0.25) is 11.8 Å². The fourth-order valence-corrected chi connectivity index (χ4v) is 3.58. The first-order chi connectivity index (χ1) is 11.0. The lowest BCUT2D eigenvalue weighted by Gasteiger charge is -2.13. The van der Waals surface area contributed by atoms with E-state index in [2.05, 4.69) is 17.2 Å². The highest BCUT2D eigenvalue weighted by Crippen LogP contribution is 2.31. The van der Waals surface area contributed by atoms with E-state index in [4.69, 9.17) is 0 Å². The fraction of sp³-hybridized carbons (Fsp3) is 0.471. The van der Waals surface area contributed by atoms with Crippen molar-refractivity contribution in [1.29, 1.82) is 0 Å². The lowest BCUT2D eigenvalue weighted by molar-refractivity contribution is -0.129. The number of carbonyl (C=O) groups excluding carboxylic acids is 2. The molecule has 1 aliphatic rings. The molecule has 0 bridgehead atoms. The van der Waals surface area contributed by atoms with Crippen LogP contribution >= 0.6 is 11.8 Å². The molecule has 124 valence electrons. The van der Waals surface area contributed by atoms with Crippen LogP contribution in [0, 0.1) is 13.8 Å². The lowest BCUT2D eigenvalue weighted by atomic mass is 10.1. The van der Waals surface area contributed by atoms with Crippen LogP contribution in [0.3, 0.4) is 0 Å². The standard InChI is InChI=1S/C17H23N3O2S/c1-5-18-15(21)10-14-16(22)20(6-2)17(23-14)19-13-8-7-11(3)12(4)9-13/h7-9,14H,5-6,10H2,1-4H3,(H,18,21)/t14-/m1/s1. The molecule has 1 aliphatic heterocycles. The van der Waals surface area contributed by atoms with Crippen molar-refractivity contribution in [1.82, 2.24) is 10.2 Å². The van der Waals surface area contributed by atoms with Gasteiger partial charge in [-0.2, -0.15) is 0 Å². The number of rotatable bonds is 5. The van der Waals surface area contributed by atoms with Gasteiger partial charge < -0.3 is 5.32 Å². The number of hydrogen-bond donors (Lipinski definition) is 1. The van der Waals surface area contributed by atoms with Gasteiger partial charge in [0.1, 0.15) is 5.25 Å². The molecule has 1 saturated heterocycles. The quantitative estimate of drug-likeness (QED) is 0.901. The topological polar surface area (TPSA) is 61.8 Å². The summed E-state index contributed by atoms with van der Waals surface area (Å²) in [6.07, 6.45) is 0.194. The Balaban J connectivity index is 2.20. The molecular weight excluding hydrogens is 310 g/mol. The minimum absolute atomic E-state index is 0.0358. The maximum absolute atomic E-state index is 12.4. The molecule has 1 heterocycles. The van der Waals surface area contributed by atoms with Crippen LogP contribution in [0.5, 0.6) is 0 Å². The number of thioether (sulfide) groups is 1. The smallest absolute Gasteiger partial charge is 0.242 e. The van der Waals surface area contributed by atoms with Crippen molar-refractivity contribution in [2.45, 2.75) is 39.4 Å². The van der Waals surface area contributed by atoms with Gasteiger partial charge in [-0.25, -0.2) is 4.99 Å². The fourth-order valence-electron chi connectivity index (χ4n) is 2.36. The summed E-state index contributed by atoms with van der Waals surface area (Å²) in [5.41, 5.74) is 3.22. The van der Waals surface area contributed by atoms with Gasteiger partial charge in [0.15, 0.2) is 5.17 Å². The van der Waals surface area contributed by atoms with Crippen LogP contribution < -0.4 is 5.32 Å². The number of benzene rings is 1. The molecule has 0 aliphatic carbocycles. The van der Waals surface area contributed by atoms with Crippen LogP contribution in [0.25, 0.3) is 0 Å². The minimum atomic E-state index is -0.383. The van der Waals surface area contributed by atoms with Gasteiger partial charge in [-0.05, 0) is 51.0 Å². The summed E-state index contributed by atoms with van der Waals surface area (Å²) in [6.45, 7) is 9.02. The SMILES string of the molecule is CCNC(=O)C[C@H]1SC(=Nc2ccc(C)c(C)c2)N(CC)C1=O. The van der Waals surface area contributed by atoms with Crippen LogP contribution in [-0.4, -0.2) is 40.2 Å². The molecule has 5 nitrogen and oxygen atoms in total. The third-order valence-corrected chi connectivity index (χ3v) is 4.97. The summed E-state index contributed by atoms with van der Waals surface area (Å²) in [5, 5.41) is 3.03. The van der Waals surface area contributed by atoms with E-state index in [1.54, 1.807) is 4.90 Å². The van der Waals surface area contributed by atoms with Crippen LogP contribution in [0.1, 0.15) is 31.4 Å². The van der Waals surface area contributed by atoms with Crippen molar-refractivity contribution in [3.63, 3.8) is 0 Å². The molecule has 0 radical (unpaired) electrons. The second-order valence-electron chi connectivity index (χ2n) is 5.51. The highest BCUT2D eigenvalue weighted by Gasteiger charge is 2.38. The van der Waals surface area contributed by atoms with Crippen LogP contribution in [-0.2, 0) is 9.59 Å². The van der Waals surface area contributed by atoms with Crippen molar-refractivity contribution in [3.05, 3.63) is 29.3 Å². The van der Waals surface area contributed by atoms with E-state index in [-0.39, 0.29) is 23.5 Å². The highest BCUT2D eigenvalue weighted by atomic mass is 32.2. The maximum atomic E-state index is 12.4. The Morgan fingerprint density at radius 1 is 1.30 bits per heavy atom. The zero-order chi connectivity index (χ0) is 17.0. The second-order valence-corrected chi connectivity index (χ2v) is 6.68. The van der Waals surface area contributed by atoms with Crippen LogP contribution in [0.2, 0.25) is 0 Å². The number of nitrogens with one attached hydrogen (secondary N) is 1. The number of amidine groups is 1. The molecule has 2 rings (SSSR count).